The van der Waals surface area contributed by atoms with Crippen molar-refractivity contribution in [2.24, 2.45) is 0 Å². The molecule has 1 unspecified atom stereocenters. The Morgan fingerprint density at radius 1 is 1.13 bits per heavy atom. The number of hydroxylamine groups is 1. The molecule has 0 amide bonds. The molecule has 1 heterocycles. The Morgan fingerprint density at radius 3 is 3.07 bits per heavy atom. The Kier molecular flexibility index (Phi) is 1.93. The van der Waals surface area contributed by atoms with Crippen LogP contribution in [0.15, 0.2) is 48.6 Å². The van der Waals surface area contributed by atoms with Gasteiger partial charge in [0.25, 0.3) is 0 Å². The maximum atomic E-state index is 5.31. The lowest BCUT2D eigenvalue weighted by Gasteiger charge is -2.15. The van der Waals surface area contributed by atoms with Gasteiger partial charge >= 0.3 is 0 Å². The van der Waals surface area contributed by atoms with Gasteiger partial charge in [0.05, 0.1) is 6.04 Å². The monoisotopic (exact) mass is 197 g/mol. The molecule has 74 valence electrons. The molecule has 0 aromatic heterocycles. The van der Waals surface area contributed by atoms with E-state index in [0.29, 0.717) is 0 Å². The van der Waals surface area contributed by atoms with Crippen molar-refractivity contribution in [3.8, 4) is 0 Å². The molecule has 0 fully saturated rings. The summed E-state index contributed by atoms with van der Waals surface area (Å²) in [5.41, 5.74) is 4.25. The molecule has 1 aliphatic heterocycles. The van der Waals surface area contributed by atoms with Gasteiger partial charge in [-0.25, -0.2) is 0 Å². The highest BCUT2D eigenvalue weighted by Gasteiger charge is 2.13. The summed E-state index contributed by atoms with van der Waals surface area (Å²) in [4.78, 5) is 5.31. The first-order valence-electron chi connectivity index (χ1n) is 5.01. The molecule has 0 radical (unpaired) electrons. The van der Waals surface area contributed by atoms with Crippen LogP contribution in [-0.2, 0) is 4.84 Å². The molecule has 0 saturated heterocycles. The van der Waals surface area contributed by atoms with Gasteiger partial charge in [-0.05, 0) is 10.8 Å². The summed E-state index contributed by atoms with van der Waals surface area (Å²) in [6, 6.07) is 8.39. The van der Waals surface area contributed by atoms with Gasteiger partial charge in [-0.2, -0.15) is 0 Å². The molecule has 1 aromatic rings. The molecule has 1 N–H and O–H groups in total. The minimum absolute atomic E-state index is 0.148. The summed E-state index contributed by atoms with van der Waals surface area (Å²) < 4.78 is 0. The Morgan fingerprint density at radius 2 is 2.07 bits per heavy atom. The fourth-order valence-electron chi connectivity index (χ4n) is 1.94. The number of fused-ring (bicyclic) bond motifs is 2. The number of hydrogen-bond donors (Lipinski definition) is 1. The van der Waals surface area contributed by atoms with Gasteiger partial charge in [0, 0.05) is 5.22 Å². The van der Waals surface area contributed by atoms with E-state index in [1.165, 1.54) is 10.8 Å². The van der Waals surface area contributed by atoms with Crippen molar-refractivity contribution in [2.45, 2.75) is 6.04 Å². The lowest BCUT2D eigenvalue weighted by atomic mass is 9.99. The van der Waals surface area contributed by atoms with Crippen LogP contribution in [0.5, 0.6) is 0 Å². The maximum absolute atomic E-state index is 5.31. The van der Waals surface area contributed by atoms with E-state index in [0.717, 1.165) is 5.22 Å². The van der Waals surface area contributed by atoms with Crippen LogP contribution in [0.1, 0.15) is 0 Å². The summed E-state index contributed by atoms with van der Waals surface area (Å²) >= 11 is 0. The molecule has 3 rings (SSSR count). The second-order valence-electron chi connectivity index (χ2n) is 3.62. The SMILES string of the molecule is C1=CC2=c3ccccc3=CONC2C=C1. The first-order chi connectivity index (χ1) is 7.45. The molecule has 0 spiro atoms. The largest absolute Gasteiger partial charge is 0.415 e. The van der Waals surface area contributed by atoms with Crippen molar-refractivity contribution in [2.75, 3.05) is 0 Å². The van der Waals surface area contributed by atoms with Crippen LogP contribution in [0.2, 0.25) is 0 Å². The normalized spacial score (nSPS) is 22.1. The van der Waals surface area contributed by atoms with Crippen LogP contribution in [0.4, 0.5) is 0 Å². The topological polar surface area (TPSA) is 21.3 Å². The lowest BCUT2D eigenvalue weighted by Crippen LogP contribution is -2.31. The fourth-order valence-corrected chi connectivity index (χ4v) is 1.94. The molecular formula is C13H11NO. The van der Waals surface area contributed by atoms with Gasteiger partial charge < -0.3 is 4.84 Å². The highest BCUT2D eigenvalue weighted by molar-refractivity contribution is 5.67. The number of benzene rings is 1. The molecule has 0 bridgehead atoms. The summed E-state index contributed by atoms with van der Waals surface area (Å²) in [5, 5.41) is 2.34. The zero-order valence-corrected chi connectivity index (χ0v) is 8.18. The average molecular weight is 197 g/mol. The highest BCUT2D eigenvalue weighted by Crippen LogP contribution is 2.11. The molecule has 1 aliphatic carbocycles. The number of hydrogen-bond acceptors (Lipinski definition) is 2. The second kappa shape index (κ2) is 3.41. The van der Waals surface area contributed by atoms with E-state index >= 15 is 0 Å². The average Bonchev–Trinajstić information content (AvgIpc) is 2.48. The summed E-state index contributed by atoms with van der Waals surface area (Å²) in [7, 11) is 0. The van der Waals surface area contributed by atoms with Gasteiger partial charge in [0.2, 0.25) is 0 Å². The molecule has 2 aliphatic rings. The third-order valence-corrected chi connectivity index (χ3v) is 2.68. The molecule has 1 aromatic carbocycles. The first-order valence-corrected chi connectivity index (χ1v) is 5.01. The molecule has 2 heteroatoms. The van der Waals surface area contributed by atoms with E-state index in [2.05, 4.69) is 35.8 Å². The predicted octanol–water partition coefficient (Wildman–Crippen LogP) is 0.605. The molecule has 1 atom stereocenters. The van der Waals surface area contributed by atoms with E-state index in [9.17, 15) is 0 Å². The van der Waals surface area contributed by atoms with Crippen LogP contribution in [-0.4, -0.2) is 6.04 Å². The fraction of sp³-hybridized carbons (Fsp3) is 0.0769. The number of nitrogens with one attached hydrogen (secondary N) is 1. The van der Waals surface area contributed by atoms with Gasteiger partial charge in [-0.15, -0.1) is 5.48 Å². The van der Waals surface area contributed by atoms with Crippen molar-refractivity contribution in [1.29, 1.82) is 0 Å². The first kappa shape index (κ1) is 8.50. The van der Waals surface area contributed by atoms with Crippen LogP contribution < -0.4 is 15.9 Å². The van der Waals surface area contributed by atoms with E-state index in [1.54, 1.807) is 6.26 Å². The Labute approximate surface area is 87.8 Å². The molecule has 0 saturated carbocycles. The van der Waals surface area contributed by atoms with Crippen molar-refractivity contribution in [3.63, 3.8) is 0 Å². The number of rotatable bonds is 0. The summed E-state index contributed by atoms with van der Waals surface area (Å²) in [6.07, 6.45) is 10.0. The minimum atomic E-state index is 0.148. The smallest absolute Gasteiger partial charge is 0.119 e. The van der Waals surface area contributed by atoms with E-state index in [4.69, 9.17) is 4.84 Å². The van der Waals surface area contributed by atoms with Crippen molar-refractivity contribution < 1.29 is 4.84 Å². The highest BCUT2D eigenvalue weighted by atomic mass is 16.6. The van der Waals surface area contributed by atoms with Crippen molar-refractivity contribution in [1.82, 2.24) is 5.48 Å². The van der Waals surface area contributed by atoms with Crippen molar-refractivity contribution in [3.05, 3.63) is 59.0 Å². The zero-order chi connectivity index (χ0) is 10.1. The van der Waals surface area contributed by atoms with Crippen LogP contribution in [0.25, 0.3) is 11.8 Å². The third kappa shape index (κ3) is 1.39. The van der Waals surface area contributed by atoms with E-state index in [-0.39, 0.29) is 6.04 Å². The van der Waals surface area contributed by atoms with E-state index in [1.807, 2.05) is 18.2 Å². The second-order valence-corrected chi connectivity index (χ2v) is 3.62. The minimum Gasteiger partial charge on any atom is -0.415 e. The zero-order valence-electron chi connectivity index (χ0n) is 8.18. The standard InChI is InChI=1S/C13H11NO/c1-2-6-11-10(5-1)9-15-14-13-8-4-3-7-12(11)13/h1-9,13-14H. The van der Waals surface area contributed by atoms with Gasteiger partial charge in [0.15, 0.2) is 0 Å². The molecule has 2 nitrogen and oxygen atoms in total. The van der Waals surface area contributed by atoms with Gasteiger partial charge in [0.1, 0.15) is 6.26 Å². The Bertz CT molecular complexity index is 554. The quantitative estimate of drug-likeness (QED) is 0.658. The summed E-state index contributed by atoms with van der Waals surface area (Å²) in [5.74, 6) is 0. The van der Waals surface area contributed by atoms with Crippen LogP contribution >= 0.6 is 0 Å². The van der Waals surface area contributed by atoms with Gasteiger partial charge in [-0.1, -0.05) is 48.6 Å². The molecule has 15 heavy (non-hydrogen) atoms. The van der Waals surface area contributed by atoms with Crippen LogP contribution in [0.3, 0.4) is 0 Å². The predicted molar refractivity (Wildman–Crippen MR) is 59.9 cm³/mol. The Hall–Kier alpha value is -1.80. The Balaban J connectivity index is 2.38. The lowest BCUT2D eigenvalue weighted by molar-refractivity contribution is 0.167. The van der Waals surface area contributed by atoms with Crippen LogP contribution in [0, 0.1) is 0 Å². The number of allylic oxidation sites excluding steroid dienone is 2. The molecular weight excluding hydrogens is 186 g/mol. The summed E-state index contributed by atoms with van der Waals surface area (Å²) in [6.45, 7) is 0. The van der Waals surface area contributed by atoms with Gasteiger partial charge in [-0.3, -0.25) is 0 Å². The maximum Gasteiger partial charge on any atom is 0.119 e. The van der Waals surface area contributed by atoms with E-state index < -0.39 is 0 Å². The third-order valence-electron chi connectivity index (χ3n) is 2.68. The van der Waals surface area contributed by atoms with Crippen molar-refractivity contribution >= 4 is 11.8 Å².